The highest BCUT2D eigenvalue weighted by Gasteiger charge is 2.21. The minimum atomic E-state index is -0.121. The summed E-state index contributed by atoms with van der Waals surface area (Å²) in [7, 11) is 1.64. The number of methoxy groups -OCH3 is 1. The van der Waals surface area contributed by atoms with E-state index in [4.69, 9.17) is 4.74 Å². The van der Waals surface area contributed by atoms with Gasteiger partial charge in [-0.2, -0.15) is 5.10 Å². The SMILES string of the molecule is COc1ccc(-n2nc(C(=O)NC3CCCCC3)cc2-c2cccnc2)cc1. The molecule has 0 saturated heterocycles. The van der Waals surface area contributed by atoms with Gasteiger partial charge >= 0.3 is 0 Å². The molecule has 1 aliphatic rings. The molecule has 1 amide bonds. The van der Waals surface area contributed by atoms with Crippen LogP contribution in [0.2, 0.25) is 0 Å². The largest absolute Gasteiger partial charge is 0.497 e. The van der Waals surface area contributed by atoms with Crippen LogP contribution in [0.1, 0.15) is 42.6 Å². The van der Waals surface area contributed by atoms with E-state index in [1.54, 1.807) is 24.2 Å². The van der Waals surface area contributed by atoms with Gasteiger partial charge < -0.3 is 10.1 Å². The summed E-state index contributed by atoms with van der Waals surface area (Å²) < 4.78 is 7.03. The first-order valence-electron chi connectivity index (χ1n) is 9.70. The second-order valence-corrected chi connectivity index (χ2v) is 7.07. The predicted octanol–water partition coefficient (Wildman–Crippen LogP) is 4.01. The van der Waals surface area contributed by atoms with Crippen molar-refractivity contribution in [1.29, 1.82) is 0 Å². The summed E-state index contributed by atoms with van der Waals surface area (Å²) in [5.74, 6) is 0.651. The maximum absolute atomic E-state index is 12.8. The van der Waals surface area contributed by atoms with Crippen LogP contribution < -0.4 is 10.1 Å². The van der Waals surface area contributed by atoms with E-state index >= 15 is 0 Å². The molecule has 0 spiro atoms. The van der Waals surface area contributed by atoms with E-state index in [1.165, 1.54) is 19.3 Å². The Hall–Kier alpha value is -3.15. The van der Waals surface area contributed by atoms with Crippen LogP contribution in [-0.4, -0.2) is 33.8 Å². The number of amides is 1. The number of aromatic nitrogens is 3. The minimum Gasteiger partial charge on any atom is -0.497 e. The van der Waals surface area contributed by atoms with E-state index < -0.39 is 0 Å². The Morgan fingerprint density at radius 3 is 2.61 bits per heavy atom. The Kier molecular flexibility index (Phi) is 5.37. The van der Waals surface area contributed by atoms with Crippen LogP contribution in [0.15, 0.2) is 54.9 Å². The molecule has 6 heteroatoms. The molecule has 4 rings (SSSR count). The molecule has 1 saturated carbocycles. The fraction of sp³-hybridized carbons (Fsp3) is 0.318. The summed E-state index contributed by atoms with van der Waals surface area (Å²) in [6, 6.07) is 13.5. The fourth-order valence-electron chi connectivity index (χ4n) is 3.64. The fourth-order valence-corrected chi connectivity index (χ4v) is 3.64. The lowest BCUT2D eigenvalue weighted by Crippen LogP contribution is -2.36. The monoisotopic (exact) mass is 376 g/mol. The summed E-state index contributed by atoms with van der Waals surface area (Å²) in [5.41, 5.74) is 3.01. The number of hydrogen-bond acceptors (Lipinski definition) is 4. The first kappa shape index (κ1) is 18.2. The van der Waals surface area contributed by atoms with Gasteiger partial charge in [0.05, 0.1) is 18.5 Å². The van der Waals surface area contributed by atoms with E-state index in [1.807, 2.05) is 42.5 Å². The van der Waals surface area contributed by atoms with Gasteiger partial charge in [-0.25, -0.2) is 4.68 Å². The van der Waals surface area contributed by atoms with Crippen molar-refractivity contribution >= 4 is 5.91 Å². The maximum Gasteiger partial charge on any atom is 0.272 e. The van der Waals surface area contributed by atoms with Gasteiger partial charge in [0, 0.05) is 24.0 Å². The lowest BCUT2D eigenvalue weighted by atomic mass is 9.95. The van der Waals surface area contributed by atoms with Crippen molar-refractivity contribution in [3.8, 4) is 22.7 Å². The van der Waals surface area contributed by atoms with Crippen LogP contribution in [0.3, 0.4) is 0 Å². The van der Waals surface area contributed by atoms with Gasteiger partial charge in [-0.05, 0) is 55.3 Å². The van der Waals surface area contributed by atoms with Crippen molar-refractivity contribution in [3.63, 3.8) is 0 Å². The number of nitrogens with one attached hydrogen (secondary N) is 1. The highest BCUT2D eigenvalue weighted by atomic mass is 16.5. The highest BCUT2D eigenvalue weighted by molar-refractivity contribution is 5.93. The van der Waals surface area contributed by atoms with Crippen LogP contribution in [0, 0.1) is 0 Å². The van der Waals surface area contributed by atoms with Crippen molar-refractivity contribution in [2.45, 2.75) is 38.1 Å². The van der Waals surface area contributed by atoms with Gasteiger partial charge in [-0.3, -0.25) is 9.78 Å². The molecule has 144 valence electrons. The Morgan fingerprint density at radius 1 is 1.14 bits per heavy atom. The van der Waals surface area contributed by atoms with E-state index in [9.17, 15) is 4.79 Å². The number of hydrogen-bond donors (Lipinski definition) is 1. The second kappa shape index (κ2) is 8.25. The minimum absolute atomic E-state index is 0.121. The molecule has 28 heavy (non-hydrogen) atoms. The molecule has 0 atom stereocenters. The van der Waals surface area contributed by atoms with Gasteiger partial charge in [0.15, 0.2) is 5.69 Å². The molecule has 2 aromatic heterocycles. The summed E-state index contributed by atoms with van der Waals surface area (Å²) in [5, 5.41) is 7.76. The summed E-state index contributed by atoms with van der Waals surface area (Å²) in [6.07, 6.45) is 9.19. The van der Waals surface area contributed by atoms with Crippen molar-refractivity contribution in [3.05, 3.63) is 60.6 Å². The van der Waals surface area contributed by atoms with Gasteiger partial charge in [0.1, 0.15) is 5.75 Å². The third-order valence-electron chi connectivity index (χ3n) is 5.16. The van der Waals surface area contributed by atoms with Crippen LogP contribution in [0.5, 0.6) is 5.75 Å². The topological polar surface area (TPSA) is 69.0 Å². The van der Waals surface area contributed by atoms with E-state index in [-0.39, 0.29) is 11.9 Å². The van der Waals surface area contributed by atoms with E-state index in [0.717, 1.165) is 35.5 Å². The molecule has 6 nitrogen and oxygen atoms in total. The molecule has 0 aliphatic heterocycles. The quantitative estimate of drug-likeness (QED) is 0.731. The predicted molar refractivity (Wildman–Crippen MR) is 108 cm³/mol. The van der Waals surface area contributed by atoms with Crippen molar-refractivity contribution in [2.75, 3.05) is 7.11 Å². The first-order chi connectivity index (χ1) is 13.7. The lowest BCUT2D eigenvalue weighted by Gasteiger charge is -2.22. The molecular weight excluding hydrogens is 352 g/mol. The molecule has 3 aromatic rings. The van der Waals surface area contributed by atoms with Gasteiger partial charge in [-0.15, -0.1) is 0 Å². The van der Waals surface area contributed by atoms with Crippen LogP contribution in [0.4, 0.5) is 0 Å². The molecule has 0 radical (unpaired) electrons. The molecular formula is C22H24N4O2. The second-order valence-electron chi connectivity index (χ2n) is 7.07. The average Bonchev–Trinajstić information content (AvgIpc) is 3.21. The Bertz CT molecular complexity index is 929. The molecule has 1 fully saturated rings. The number of carbonyl (C=O) groups is 1. The third-order valence-corrected chi connectivity index (χ3v) is 5.16. The zero-order valence-electron chi connectivity index (χ0n) is 16.0. The zero-order valence-corrected chi connectivity index (χ0v) is 16.0. The van der Waals surface area contributed by atoms with Crippen molar-refractivity contribution in [1.82, 2.24) is 20.1 Å². The standard InChI is InChI=1S/C22H24N4O2/c1-28-19-11-9-18(10-12-19)26-21(16-6-5-13-23-15-16)14-20(25-26)22(27)24-17-7-3-2-4-8-17/h5-6,9-15,17H,2-4,7-8H2,1H3,(H,24,27). The summed E-state index contributed by atoms with van der Waals surface area (Å²) >= 11 is 0. The third kappa shape index (κ3) is 3.91. The van der Waals surface area contributed by atoms with E-state index in [2.05, 4.69) is 15.4 Å². The number of ether oxygens (including phenoxy) is 1. The lowest BCUT2D eigenvalue weighted by molar-refractivity contribution is 0.0922. The maximum atomic E-state index is 12.8. The molecule has 2 heterocycles. The highest BCUT2D eigenvalue weighted by Crippen LogP contribution is 2.25. The Labute approximate surface area is 164 Å². The molecule has 1 aromatic carbocycles. The van der Waals surface area contributed by atoms with Gasteiger partial charge in [0.2, 0.25) is 0 Å². The summed E-state index contributed by atoms with van der Waals surface area (Å²) in [4.78, 5) is 17.0. The number of benzene rings is 1. The first-order valence-corrected chi connectivity index (χ1v) is 9.70. The van der Waals surface area contributed by atoms with Gasteiger partial charge in [-0.1, -0.05) is 19.3 Å². The normalized spacial score (nSPS) is 14.6. The molecule has 1 aliphatic carbocycles. The van der Waals surface area contributed by atoms with Crippen LogP contribution >= 0.6 is 0 Å². The number of carbonyl (C=O) groups excluding carboxylic acids is 1. The van der Waals surface area contributed by atoms with Crippen molar-refractivity contribution in [2.24, 2.45) is 0 Å². The van der Waals surface area contributed by atoms with Crippen molar-refractivity contribution < 1.29 is 9.53 Å². The number of nitrogens with zero attached hydrogens (tertiary/aromatic N) is 3. The molecule has 0 bridgehead atoms. The molecule has 0 unspecified atom stereocenters. The number of rotatable bonds is 5. The Morgan fingerprint density at radius 2 is 1.93 bits per heavy atom. The molecule has 1 N–H and O–H groups in total. The zero-order chi connectivity index (χ0) is 19.3. The smallest absolute Gasteiger partial charge is 0.272 e. The average molecular weight is 376 g/mol. The van der Waals surface area contributed by atoms with Crippen LogP contribution in [-0.2, 0) is 0 Å². The van der Waals surface area contributed by atoms with E-state index in [0.29, 0.717) is 5.69 Å². The van der Waals surface area contributed by atoms with Crippen LogP contribution in [0.25, 0.3) is 16.9 Å². The Balaban J connectivity index is 1.68. The summed E-state index contributed by atoms with van der Waals surface area (Å²) in [6.45, 7) is 0. The van der Waals surface area contributed by atoms with Gasteiger partial charge in [0.25, 0.3) is 5.91 Å². The number of pyridine rings is 1.